The van der Waals surface area contributed by atoms with Gasteiger partial charge in [-0.2, -0.15) is 0 Å². The Kier molecular flexibility index (Phi) is 4.80. The van der Waals surface area contributed by atoms with Crippen LogP contribution >= 0.6 is 15.9 Å². The van der Waals surface area contributed by atoms with Gasteiger partial charge in [-0.1, -0.05) is 60.7 Å². The van der Waals surface area contributed by atoms with Crippen LogP contribution in [0.3, 0.4) is 0 Å². The highest BCUT2D eigenvalue weighted by Gasteiger charge is 2.16. The molecule has 5 nitrogen and oxygen atoms in total. The molecular weight excluding hydrogens is 404 g/mol. The predicted octanol–water partition coefficient (Wildman–Crippen LogP) is 6.01. The largest absolute Gasteiger partial charge is 0.299 e. The van der Waals surface area contributed by atoms with Crippen LogP contribution < -0.4 is 5.56 Å². The van der Waals surface area contributed by atoms with Crippen molar-refractivity contribution in [1.29, 1.82) is 0 Å². The van der Waals surface area contributed by atoms with Crippen molar-refractivity contribution in [3.05, 3.63) is 99.8 Å². The summed E-state index contributed by atoms with van der Waals surface area (Å²) < 4.78 is 2.30. The summed E-state index contributed by atoms with van der Waals surface area (Å²) in [5.74, 6) is 0. The zero-order chi connectivity index (χ0) is 18.6. The third kappa shape index (κ3) is 3.52. The molecule has 4 aromatic rings. The molecule has 0 amide bonds. The Hall–Kier alpha value is -3.25. The number of aromatic amines is 1. The molecule has 0 fully saturated rings. The van der Waals surface area contributed by atoms with E-state index in [1.54, 1.807) is 0 Å². The van der Waals surface area contributed by atoms with Gasteiger partial charge in [0.2, 0.25) is 0 Å². The molecule has 0 saturated carbocycles. The van der Waals surface area contributed by atoms with Gasteiger partial charge in [-0.05, 0) is 40.2 Å². The van der Waals surface area contributed by atoms with Gasteiger partial charge in [-0.25, -0.2) is 4.68 Å². The molecular formula is C21H15BrN4O. The first-order chi connectivity index (χ1) is 13.2. The maximum atomic E-state index is 13.0. The molecule has 27 heavy (non-hydrogen) atoms. The van der Waals surface area contributed by atoms with Crippen LogP contribution in [0.25, 0.3) is 16.9 Å². The second-order valence-electron chi connectivity index (χ2n) is 5.83. The van der Waals surface area contributed by atoms with E-state index >= 15 is 0 Å². The minimum atomic E-state index is -0.254. The van der Waals surface area contributed by atoms with Crippen molar-refractivity contribution >= 4 is 27.3 Å². The van der Waals surface area contributed by atoms with Gasteiger partial charge in [-0.3, -0.25) is 9.89 Å². The number of azo groups is 1. The Bertz CT molecular complexity index is 1150. The fraction of sp³-hybridized carbons (Fsp3) is 0. The highest BCUT2D eigenvalue weighted by Crippen LogP contribution is 2.30. The summed E-state index contributed by atoms with van der Waals surface area (Å²) in [5, 5.41) is 11.7. The van der Waals surface area contributed by atoms with Crippen LogP contribution in [0.15, 0.2) is 104 Å². The number of nitrogens with zero attached hydrogens (tertiary/aromatic N) is 3. The fourth-order valence-electron chi connectivity index (χ4n) is 2.72. The van der Waals surface area contributed by atoms with Gasteiger partial charge in [0.1, 0.15) is 0 Å². The summed E-state index contributed by atoms with van der Waals surface area (Å²) in [5.41, 5.74) is 2.90. The lowest BCUT2D eigenvalue weighted by Gasteiger charge is -2.01. The average Bonchev–Trinajstić information content (AvgIpc) is 3.05. The van der Waals surface area contributed by atoms with Crippen molar-refractivity contribution < 1.29 is 0 Å². The van der Waals surface area contributed by atoms with Gasteiger partial charge in [0.05, 0.1) is 17.1 Å². The van der Waals surface area contributed by atoms with Crippen molar-refractivity contribution in [2.24, 2.45) is 10.2 Å². The highest BCUT2D eigenvalue weighted by molar-refractivity contribution is 9.10. The van der Waals surface area contributed by atoms with Crippen molar-refractivity contribution in [3.8, 4) is 16.9 Å². The molecule has 1 N–H and O–H groups in total. The molecule has 0 unspecified atom stereocenters. The van der Waals surface area contributed by atoms with E-state index in [0.717, 1.165) is 15.7 Å². The van der Waals surface area contributed by atoms with Gasteiger partial charge in [-0.15, -0.1) is 10.2 Å². The molecule has 1 aromatic heterocycles. The van der Waals surface area contributed by atoms with Crippen LogP contribution in [0.2, 0.25) is 0 Å². The number of halogens is 1. The van der Waals surface area contributed by atoms with Crippen LogP contribution in [0.4, 0.5) is 11.4 Å². The maximum absolute atomic E-state index is 13.0. The van der Waals surface area contributed by atoms with Crippen LogP contribution in [0.1, 0.15) is 0 Å². The summed E-state index contributed by atoms with van der Waals surface area (Å²) >= 11 is 3.45. The third-order valence-corrected chi connectivity index (χ3v) is 4.72. The Morgan fingerprint density at radius 2 is 1.41 bits per heavy atom. The van der Waals surface area contributed by atoms with E-state index in [9.17, 15) is 4.79 Å². The second-order valence-corrected chi connectivity index (χ2v) is 6.68. The average molecular weight is 419 g/mol. The van der Waals surface area contributed by atoms with E-state index in [4.69, 9.17) is 0 Å². The molecule has 0 spiro atoms. The van der Waals surface area contributed by atoms with Gasteiger partial charge >= 0.3 is 0 Å². The van der Waals surface area contributed by atoms with E-state index in [2.05, 4.69) is 31.3 Å². The van der Waals surface area contributed by atoms with E-state index in [1.165, 1.54) is 4.68 Å². The zero-order valence-electron chi connectivity index (χ0n) is 14.2. The summed E-state index contributed by atoms with van der Waals surface area (Å²) in [4.78, 5) is 13.0. The number of hydrogen-bond acceptors (Lipinski definition) is 3. The Labute approximate surface area is 164 Å². The van der Waals surface area contributed by atoms with E-state index in [-0.39, 0.29) is 11.2 Å². The predicted molar refractivity (Wildman–Crippen MR) is 110 cm³/mol. The molecule has 0 aliphatic carbocycles. The van der Waals surface area contributed by atoms with Crippen molar-refractivity contribution in [3.63, 3.8) is 0 Å². The molecule has 0 atom stereocenters. The SMILES string of the molecule is O=c1c(N=Nc2ccccc2Br)c(-c2ccccc2)[nH]n1-c1ccccc1. The van der Waals surface area contributed by atoms with Gasteiger partial charge < -0.3 is 0 Å². The smallest absolute Gasteiger partial charge is 0.288 e. The van der Waals surface area contributed by atoms with E-state index in [1.807, 2.05) is 84.9 Å². The lowest BCUT2D eigenvalue weighted by molar-refractivity contribution is 0.852. The van der Waals surface area contributed by atoms with Gasteiger partial charge in [0.25, 0.3) is 5.56 Å². The van der Waals surface area contributed by atoms with Crippen LogP contribution in [-0.4, -0.2) is 9.78 Å². The summed E-state index contributed by atoms with van der Waals surface area (Å²) in [6.45, 7) is 0. The summed E-state index contributed by atoms with van der Waals surface area (Å²) in [6.07, 6.45) is 0. The van der Waals surface area contributed by atoms with Crippen LogP contribution in [-0.2, 0) is 0 Å². The zero-order valence-corrected chi connectivity index (χ0v) is 15.8. The highest BCUT2D eigenvalue weighted by atomic mass is 79.9. The quantitative estimate of drug-likeness (QED) is 0.405. The number of rotatable bonds is 4. The normalized spacial score (nSPS) is 11.1. The molecule has 0 aliphatic heterocycles. The monoisotopic (exact) mass is 418 g/mol. The first-order valence-corrected chi connectivity index (χ1v) is 9.15. The van der Waals surface area contributed by atoms with Crippen molar-refractivity contribution in [2.75, 3.05) is 0 Å². The lowest BCUT2D eigenvalue weighted by Crippen LogP contribution is -2.13. The number of benzene rings is 3. The molecule has 0 saturated heterocycles. The van der Waals surface area contributed by atoms with Gasteiger partial charge in [0, 0.05) is 10.0 Å². The molecule has 1 heterocycles. The number of H-pyrrole nitrogens is 1. The van der Waals surface area contributed by atoms with Crippen LogP contribution in [0.5, 0.6) is 0 Å². The minimum absolute atomic E-state index is 0.254. The topological polar surface area (TPSA) is 62.5 Å². The number of aromatic nitrogens is 2. The number of para-hydroxylation sites is 1. The van der Waals surface area contributed by atoms with E-state index < -0.39 is 0 Å². The molecule has 0 aliphatic rings. The summed E-state index contributed by atoms with van der Waals surface area (Å²) in [7, 11) is 0. The molecule has 0 radical (unpaired) electrons. The molecule has 4 rings (SSSR count). The van der Waals surface area contributed by atoms with Gasteiger partial charge in [0.15, 0.2) is 5.69 Å². The maximum Gasteiger partial charge on any atom is 0.299 e. The molecule has 132 valence electrons. The Morgan fingerprint density at radius 1 is 0.778 bits per heavy atom. The lowest BCUT2D eigenvalue weighted by atomic mass is 10.1. The van der Waals surface area contributed by atoms with Crippen molar-refractivity contribution in [1.82, 2.24) is 9.78 Å². The van der Waals surface area contributed by atoms with Crippen molar-refractivity contribution in [2.45, 2.75) is 0 Å². The van der Waals surface area contributed by atoms with Crippen LogP contribution in [0, 0.1) is 0 Å². The molecule has 0 bridgehead atoms. The number of nitrogens with one attached hydrogen (secondary N) is 1. The first kappa shape index (κ1) is 17.2. The summed E-state index contributed by atoms with van der Waals surface area (Å²) in [6, 6.07) is 26.5. The third-order valence-electron chi connectivity index (χ3n) is 4.05. The Morgan fingerprint density at radius 3 is 2.11 bits per heavy atom. The first-order valence-electron chi connectivity index (χ1n) is 8.36. The standard InChI is InChI=1S/C21H15BrN4O/c22-17-13-7-8-14-18(17)23-24-20-19(15-9-3-1-4-10-15)25-26(21(20)27)16-11-5-2-6-12-16/h1-14,25H. The fourth-order valence-corrected chi connectivity index (χ4v) is 3.09. The second kappa shape index (κ2) is 7.55. The number of hydrogen-bond donors (Lipinski definition) is 1. The Balaban J connectivity index is 1.88. The van der Waals surface area contributed by atoms with E-state index in [0.29, 0.717) is 11.4 Å². The minimum Gasteiger partial charge on any atom is -0.288 e. The molecule has 3 aromatic carbocycles. The molecule has 6 heteroatoms.